The maximum atomic E-state index is 10.4. The van der Waals surface area contributed by atoms with Gasteiger partial charge < -0.3 is 9.47 Å². The molecule has 0 amide bonds. The fourth-order valence-electron chi connectivity index (χ4n) is 1.26. The molecule has 0 bridgehead atoms. The molecule has 1 aromatic rings. The summed E-state index contributed by atoms with van der Waals surface area (Å²) in [5, 5.41) is 10.4. The van der Waals surface area contributed by atoms with Crippen LogP contribution in [-0.4, -0.2) is 19.1 Å². The van der Waals surface area contributed by atoms with Crippen molar-refractivity contribution in [2.45, 2.75) is 6.54 Å². The smallest absolute Gasteiger partial charge is 0.232 e. The van der Waals surface area contributed by atoms with E-state index in [1.54, 1.807) is 12.1 Å². The van der Waals surface area contributed by atoms with Gasteiger partial charge in [-0.15, -0.1) is 0 Å². The van der Waals surface area contributed by atoms with E-state index in [0.29, 0.717) is 17.1 Å². The van der Waals surface area contributed by atoms with Crippen LogP contribution in [0.4, 0.5) is 0 Å². The number of hydrogen-bond donors (Lipinski definition) is 0. The quantitative estimate of drug-likeness (QED) is 0.625. The first kappa shape index (κ1) is 11.8. The maximum absolute atomic E-state index is 10.4. The molecule has 15 heavy (non-hydrogen) atoms. The second-order valence-corrected chi connectivity index (χ2v) is 3.71. The van der Waals surface area contributed by atoms with E-state index in [0.717, 1.165) is 4.47 Å². The third-order valence-corrected chi connectivity index (χ3v) is 2.28. The van der Waals surface area contributed by atoms with Gasteiger partial charge in [0, 0.05) is 9.40 Å². The Kier molecular flexibility index (Phi) is 3.90. The fourth-order valence-corrected chi connectivity index (χ4v) is 1.75. The molecule has 0 saturated carbocycles. The molecule has 0 heterocycles. The molecular weight excluding hydrogens is 266 g/mol. The van der Waals surface area contributed by atoms with Gasteiger partial charge in [0.05, 0.1) is 19.8 Å². The molecule has 5 nitrogen and oxygen atoms in total. The summed E-state index contributed by atoms with van der Waals surface area (Å²) in [6, 6.07) is 3.34. The molecule has 0 unspecified atom stereocenters. The molecule has 0 saturated heterocycles. The number of hydrogen-bond acceptors (Lipinski definition) is 4. The minimum absolute atomic E-state index is 0.293. The zero-order valence-corrected chi connectivity index (χ0v) is 9.91. The summed E-state index contributed by atoms with van der Waals surface area (Å²) >= 11 is 3.25. The Morgan fingerprint density at radius 2 is 2.07 bits per heavy atom. The van der Waals surface area contributed by atoms with Crippen LogP contribution in [-0.2, 0) is 6.54 Å². The van der Waals surface area contributed by atoms with Crippen molar-refractivity contribution in [3.63, 3.8) is 0 Å². The number of nitrogens with zero attached hydrogens (tertiary/aromatic N) is 1. The molecule has 0 radical (unpaired) electrons. The highest BCUT2D eigenvalue weighted by Crippen LogP contribution is 2.34. The average Bonchev–Trinajstić information content (AvgIpc) is 2.15. The van der Waals surface area contributed by atoms with Gasteiger partial charge in [-0.2, -0.15) is 0 Å². The van der Waals surface area contributed by atoms with Crippen LogP contribution in [0.1, 0.15) is 5.56 Å². The van der Waals surface area contributed by atoms with Crippen molar-refractivity contribution < 1.29 is 14.4 Å². The highest BCUT2D eigenvalue weighted by molar-refractivity contribution is 9.10. The molecule has 6 heteroatoms. The van der Waals surface area contributed by atoms with Crippen LogP contribution in [0.15, 0.2) is 16.6 Å². The van der Waals surface area contributed by atoms with Gasteiger partial charge in [0.2, 0.25) is 6.54 Å². The van der Waals surface area contributed by atoms with Crippen LogP contribution in [0.5, 0.6) is 11.5 Å². The van der Waals surface area contributed by atoms with E-state index in [9.17, 15) is 10.1 Å². The first-order chi connectivity index (χ1) is 7.08. The van der Waals surface area contributed by atoms with Crippen LogP contribution in [0.3, 0.4) is 0 Å². The molecule has 1 aromatic carbocycles. The van der Waals surface area contributed by atoms with Gasteiger partial charge >= 0.3 is 0 Å². The lowest BCUT2D eigenvalue weighted by Crippen LogP contribution is -2.02. The first-order valence-corrected chi connectivity index (χ1v) is 4.90. The Labute approximate surface area is 95.3 Å². The molecule has 0 aliphatic heterocycles. The van der Waals surface area contributed by atoms with E-state index in [-0.39, 0.29) is 6.54 Å². The summed E-state index contributed by atoms with van der Waals surface area (Å²) in [5.74, 6) is 0.876. The predicted molar refractivity (Wildman–Crippen MR) is 57.9 cm³/mol. The monoisotopic (exact) mass is 275 g/mol. The van der Waals surface area contributed by atoms with E-state index in [2.05, 4.69) is 15.9 Å². The van der Waals surface area contributed by atoms with Gasteiger partial charge in [-0.05, 0) is 12.1 Å². The van der Waals surface area contributed by atoms with Crippen molar-refractivity contribution >= 4 is 15.9 Å². The Balaban J connectivity index is 3.22. The lowest BCUT2D eigenvalue weighted by atomic mass is 10.2. The number of nitro groups is 1. The van der Waals surface area contributed by atoms with Gasteiger partial charge in [0.25, 0.3) is 0 Å². The summed E-state index contributed by atoms with van der Waals surface area (Å²) in [7, 11) is 2.94. The van der Waals surface area contributed by atoms with Crippen molar-refractivity contribution in [3.05, 3.63) is 32.3 Å². The number of ether oxygens (including phenoxy) is 2. The number of methoxy groups -OCH3 is 2. The topological polar surface area (TPSA) is 61.6 Å². The molecule has 0 atom stereocenters. The Hall–Kier alpha value is -1.30. The molecule has 0 fully saturated rings. The van der Waals surface area contributed by atoms with E-state index in [1.807, 2.05) is 0 Å². The molecule has 0 aromatic heterocycles. The van der Waals surface area contributed by atoms with E-state index < -0.39 is 4.92 Å². The largest absolute Gasteiger partial charge is 0.493 e. The van der Waals surface area contributed by atoms with Crippen LogP contribution < -0.4 is 9.47 Å². The Morgan fingerprint density at radius 1 is 1.40 bits per heavy atom. The van der Waals surface area contributed by atoms with E-state index >= 15 is 0 Å². The molecular formula is C9H10BrNO4. The SMILES string of the molecule is COc1cc(Br)cc(C[N+](=O)[O-])c1OC. The van der Waals surface area contributed by atoms with E-state index in [1.165, 1.54) is 14.2 Å². The molecule has 0 aliphatic carbocycles. The zero-order valence-electron chi connectivity index (χ0n) is 8.32. The second kappa shape index (κ2) is 4.97. The van der Waals surface area contributed by atoms with Crippen molar-refractivity contribution in [1.82, 2.24) is 0 Å². The van der Waals surface area contributed by atoms with Crippen molar-refractivity contribution in [2.24, 2.45) is 0 Å². The minimum atomic E-state index is -0.413. The summed E-state index contributed by atoms with van der Waals surface area (Å²) in [5.41, 5.74) is 0.480. The number of benzene rings is 1. The third kappa shape index (κ3) is 2.82. The highest BCUT2D eigenvalue weighted by Gasteiger charge is 2.15. The van der Waals surface area contributed by atoms with Crippen LogP contribution in [0.2, 0.25) is 0 Å². The van der Waals surface area contributed by atoms with E-state index in [4.69, 9.17) is 9.47 Å². The van der Waals surface area contributed by atoms with Crippen molar-refractivity contribution in [1.29, 1.82) is 0 Å². The summed E-state index contributed by atoms with van der Waals surface area (Å²) in [6.07, 6.45) is 0. The van der Waals surface area contributed by atoms with Crippen LogP contribution >= 0.6 is 15.9 Å². The lowest BCUT2D eigenvalue weighted by molar-refractivity contribution is -0.496. The normalized spacial score (nSPS) is 9.80. The maximum Gasteiger partial charge on any atom is 0.232 e. The summed E-state index contributed by atoms with van der Waals surface area (Å²) < 4.78 is 10.9. The highest BCUT2D eigenvalue weighted by atomic mass is 79.9. The minimum Gasteiger partial charge on any atom is -0.493 e. The Morgan fingerprint density at radius 3 is 2.53 bits per heavy atom. The second-order valence-electron chi connectivity index (χ2n) is 2.79. The van der Waals surface area contributed by atoms with Crippen LogP contribution in [0, 0.1) is 10.1 Å². The predicted octanol–water partition coefficient (Wildman–Crippen LogP) is 2.24. The number of rotatable bonds is 4. The lowest BCUT2D eigenvalue weighted by Gasteiger charge is -2.10. The zero-order chi connectivity index (χ0) is 11.4. The molecule has 0 aliphatic rings. The summed E-state index contributed by atoms with van der Waals surface area (Å²) in [4.78, 5) is 10.0. The molecule has 0 N–H and O–H groups in total. The van der Waals surface area contributed by atoms with Gasteiger partial charge in [-0.1, -0.05) is 15.9 Å². The molecule has 1 rings (SSSR count). The average molecular weight is 276 g/mol. The first-order valence-electron chi connectivity index (χ1n) is 4.10. The fraction of sp³-hybridized carbons (Fsp3) is 0.333. The standard InChI is InChI=1S/C9H10BrNO4/c1-14-8-4-7(10)3-6(5-11(12)13)9(8)15-2/h3-4H,5H2,1-2H3. The van der Waals surface area contributed by atoms with Crippen molar-refractivity contribution in [2.75, 3.05) is 14.2 Å². The third-order valence-electron chi connectivity index (χ3n) is 1.82. The van der Waals surface area contributed by atoms with Gasteiger partial charge in [-0.3, -0.25) is 10.1 Å². The van der Waals surface area contributed by atoms with Gasteiger partial charge in [0.1, 0.15) is 0 Å². The van der Waals surface area contributed by atoms with Crippen molar-refractivity contribution in [3.8, 4) is 11.5 Å². The van der Waals surface area contributed by atoms with Gasteiger partial charge in [-0.25, -0.2) is 0 Å². The Bertz CT molecular complexity index is 381. The molecule has 82 valence electrons. The molecule has 0 spiro atoms. The van der Waals surface area contributed by atoms with Gasteiger partial charge in [0.15, 0.2) is 11.5 Å². The van der Waals surface area contributed by atoms with Crippen LogP contribution in [0.25, 0.3) is 0 Å². The number of halogens is 1. The summed E-state index contributed by atoms with van der Waals surface area (Å²) in [6.45, 7) is -0.293.